The van der Waals surface area contributed by atoms with Crippen LogP contribution in [0.15, 0.2) is 54.9 Å². The summed E-state index contributed by atoms with van der Waals surface area (Å²) in [7, 11) is 0. The molecular formula is C21H23FN6O. The van der Waals surface area contributed by atoms with E-state index in [-0.39, 0.29) is 17.6 Å². The van der Waals surface area contributed by atoms with Gasteiger partial charge in [-0.05, 0) is 50.2 Å². The van der Waals surface area contributed by atoms with Crippen molar-refractivity contribution in [1.29, 1.82) is 0 Å². The number of hydrogen-bond donors (Lipinski definition) is 2. The Labute approximate surface area is 168 Å². The molecule has 1 aliphatic heterocycles. The fourth-order valence-electron chi connectivity index (χ4n) is 3.53. The molecule has 2 aromatic heterocycles. The predicted molar refractivity (Wildman–Crippen MR) is 109 cm³/mol. The zero-order valence-electron chi connectivity index (χ0n) is 16.0. The third-order valence-electron chi connectivity index (χ3n) is 5.20. The zero-order valence-corrected chi connectivity index (χ0v) is 16.0. The van der Waals surface area contributed by atoms with Crippen LogP contribution in [-0.4, -0.2) is 38.7 Å². The molecule has 1 fully saturated rings. The molecule has 0 bridgehead atoms. The number of rotatable bonds is 5. The van der Waals surface area contributed by atoms with Crippen molar-refractivity contribution in [2.75, 3.05) is 24.1 Å². The Morgan fingerprint density at radius 3 is 2.69 bits per heavy atom. The molecule has 3 heterocycles. The first-order valence-electron chi connectivity index (χ1n) is 9.63. The Bertz CT molecular complexity index is 983. The highest BCUT2D eigenvalue weighted by Gasteiger charge is 2.26. The monoisotopic (exact) mass is 394 g/mol. The van der Waals surface area contributed by atoms with Crippen LogP contribution in [0.1, 0.15) is 18.4 Å². The smallest absolute Gasteiger partial charge is 0.228 e. The van der Waals surface area contributed by atoms with Gasteiger partial charge in [-0.3, -0.25) is 9.69 Å². The first kappa shape index (κ1) is 19.1. The van der Waals surface area contributed by atoms with E-state index in [1.54, 1.807) is 47.4 Å². The highest BCUT2D eigenvalue weighted by Crippen LogP contribution is 2.23. The van der Waals surface area contributed by atoms with Crippen LogP contribution in [0.3, 0.4) is 0 Å². The molecule has 1 aromatic carbocycles. The largest absolute Gasteiger partial charge is 0.396 e. The van der Waals surface area contributed by atoms with Crippen molar-refractivity contribution in [3.05, 3.63) is 66.2 Å². The van der Waals surface area contributed by atoms with Crippen molar-refractivity contribution in [3.63, 3.8) is 0 Å². The molecule has 3 aromatic rings. The number of nitrogens with one attached hydrogen (secondary N) is 1. The molecule has 1 amide bonds. The Balaban J connectivity index is 1.36. The van der Waals surface area contributed by atoms with Gasteiger partial charge in [0.25, 0.3) is 0 Å². The average Bonchev–Trinajstić information content (AvgIpc) is 3.27. The molecule has 29 heavy (non-hydrogen) atoms. The maximum absolute atomic E-state index is 13.8. The molecule has 0 unspecified atom stereocenters. The van der Waals surface area contributed by atoms with Crippen molar-refractivity contribution in [1.82, 2.24) is 19.7 Å². The number of halogens is 1. The molecule has 150 valence electrons. The van der Waals surface area contributed by atoms with E-state index >= 15 is 0 Å². The highest BCUT2D eigenvalue weighted by molar-refractivity contribution is 5.94. The zero-order chi connectivity index (χ0) is 20.2. The van der Waals surface area contributed by atoms with E-state index < -0.39 is 0 Å². The number of carbonyl (C=O) groups is 1. The minimum absolute atomic E-state index is 0.0904. The van der Waals surface area contributed by atoms with Gasteiger partial charge in [-0.25, -0.2) is 14.1 Å². The number of anilines is 2. The molecule has 0 saturated carbocycles. The number of likely N-dealkylation sites (tertiary alicyclic amines) is 1. The number of hydrogen-bond acceptors (Lipinski definition) is 5. The van der Waals surface area contributed by atoms with E-state index in [1.807, 2.05) is 6.07 Å². The van der Waals surface area contributed by atoms with Crippen molar-refractivity contribution in [2.24, 2.45) is 5.92 Å². The molecule has 1 aliphatic rings. The Hall–Kier alpha value is -3.26. The Kier molecular flexibility index (Phi) is 5.53. The average molecular weight is 394 g/mol. The first-order valence-corrected chi connectivity index (χ1v) is 9.63. The second-order valence-electron chi connectivity index (χ2n) is 7.19. The number of pyridine rings is 1. The van der Waals surface area contributed by atoms with Crippen molar-refractivity contribution >= 4 is 17.4 Å². The van der Waals surface area contributed by atoms with E-state index in [2.05, 4.69) is 20.3 Å². The fraction of sp³-hybridized carbons (Fsp3) is 0.286. The highest BCUT2D eigenvalue weighted by atomic mass is 19.1. The van der Waals surface area contributed by atoms with Crippen LogP contribution in [0, 0.1) is 11.7 Å². The lowest BCUT2D eigenvalue weighted by molar-refractivity contribution is -0.121. The molecule has 4 rings (SSSR count). The minimum atomic E-state index is -0.189. The van der Waals surface area contributed by atoms with Crippen molar-refractivity contribution < 1.29 is 9.18 Å². The topological polar surface area (TPSA) is 89.1 Å². The first-order chi connectivity index (χ1) is 14.1. The normalized spacial score (nSPS) is 15.3. The van der Waals surface area contributed by atoms with Gasteiger partial charge in [-0.1, -0.05) is 18.2 Å². The van der Waals surface area contributed by atoms with Gasteiger partial charge in [-0.2, -0.15) is 5.10 Å². The lowest BCUT2D eigenvalue weighted by Crippen LogP contribution is -2.38. The maximum Gasteiger partial charge on any atom is 0.228 e. The van der Waals surface area contributed by atoms with E-state index in [4.69, 9.17) is 5.73 Å². The number of benzene rings is 1. The molecule has 3 N–H and O–H groups in total. The summed E-state index contributed by atoms with van der Waals surface area (Å²) in [6.45, 7) is 2.03. The van der Waals surface area contributed by atoms with Gasteiger partial charge in [-0.15, -0.1) is 0 Å². The number of piperidine rings is 1. The second-order valence-corrected chi connectivity index (χ2v) is 7.19. The van der Waals surface area contributed by atoms with Crippen LogP contribution in [0.4, 0.5) is 15.9 Å². The van der Waals surface area contributed by atoms with E-state index in [1.165, 1.54) is 6.07 Å². The summed E-state index contributed by atoms with van der Waals surface area (Å²) in [6.07, 6.45) is 4.85. The van der Waals surface area contributed by atoms with Crippen LogP contribution < -0.4 is 11.1 Å². The SMILES string of the molecule is Nc1ccc(-n2cccn2)nc1NC(=O)C1CCN(Cc2ccccc2F)CC1. The summed E-state index contributed by atoms with van der Waals surface area (Å²) >= 11 is 0. The predicted octanol–water partition coefficient (Wildman–Crippen LogP) is 2.84. The van der Waals surface area contributed by atoms with Gasteiger partial charge in [0, 0.05) is 30.4 Å². The molecule has 7 nitrogen and oxygen atoms in total. The van der Waals surface area contributed by atoms with Crippen LogP contribution in [-0.2, 0) is 11.3 Å². The molecule has 0 spiro atoms. The van der Waals surface area contributed by atoms with Crippen molar-refractivity contribution in [3.8, 4) is 5.82 Å². The molecule has 8 heteroatoms. The van der Waals surface area contributed by atoms with Gasteiger partial charge < -0.3 is 11.1 Å². The molecule has 0 atom stereocenters. The van der Waals surface area contributed by atoms with Crippen LogP contribution in [0.2, 0.25) is 0 Å². The lowest BCUT2D eigenvalue weighted by Gasteiger charge is -2.31. The van der Waals surface area contributed by atoms with E-state index in [0.717, 1.165) is 13.1 Å². The summed E-state index contributed by atoms with van der Waals surface area (Å²) in [5.41, 5.74) is 7.08. The quantitative estimate of drug-likeness (QED) is 0.695. The van der Waals surface area contributed by atoms with Gasteiger partial charge >= 0.3 is 0 Å². The number of aromatic nitrogens is 3. The molecule has 0 aliphatic carbocycles. The summed E-state index contributed by atoms with van der Waals surface area (Å²) < 4.78 is 15.5. The number of nitrogens with two attached hydrogens (primary N) is 1. The summed E-state index contributed by atoms with van der Waals surface area (Å²) in [4.78, 5) is 19.3. The number of nitrogen functional groups attached to an aromatic ring is 1. The van der Waals surface area contributed by atoms with Gasteiger partial charge in [0.15, 0.2) is 11.6 Å². The van der Waals surface area contributed by atoms with Gasteiger partial charge in [0.1, 0.15) is 5.82 Å². The fourth-order valence-corrected chi connectivity index (χ4v) is 3.53. The molecular weight excluding hydrogens is 371 g/mol. The van der Waals surface area contributed by atoms with Crippen LogP contribution in [0.5, 0.6) is 0 Å². The Morgan fingerprint density at radius 1 is 1.17 bits per heavy atom. The van der Waals surface area contributed by atoms with Crippen LogP contribution in [0.25, 0.3) is 5.82 Å². The molecule has 0 radical (unpaired) electrons. The van der Waals surface area contributed by atoms with Gasteiger partial charge in [0.2, 0.25) is 5.91 Å². The third kappa shape index (κ3) is 4.43. The standard InChI is InChI=1S/C21H23FN6O/c22-17-5-2-1-4-16(17)14-27-12-8-15(9-13-27)21(29)26-20-18(23)6-7-19(25-20)28-11-3-10-24-28/h1-7,10-11,15H,8-9,12-14,23H2,(H,25,26,29). The minimum Gasteiger partial charge on any atom is -0.396 e. The van der Waals surface area contributed by atoms with E-state index in [9.17, 15) is 9.18 Å². The number of carbonyl (C=O) groups excluding carboxylic acids is 1. The van der Waals surface area contributed by atoms with Gasteiger partial charge in [0.05, 0.1) is 5.69 Å². The molecule has 1 saturated heterocycles. The number of nitrogens with zero attached hydrogens (tertiary/aromatic N) is 4. The third-order valence-corrected chi connectivity index (χ3v) is 5.20. The van der Waals surface area contributed by atoms with Crippen LogP contribution >= 0.6 is 0 Å². The van der Waals surface area contributed by atoms with Crippen molar-refractivity contribution in [2.45, 2.75) is 19.4 Å². The maximum atomic E-state index is 13.8. The Morgan fingerprint density at radius 2 is 1.97 bits per heavy atom. The van der Waals surface area contributed by atoms with E-state index in [0.29, 0.717) is 42.3 Å². The second kappa shape index (κ2) is 8.40. The summed E-state index contributed by atoms with van der Waals surface area (Å²) in [5, 5.41) is 7.00. The number of amides is 1. The summed E-state index contributed by atoms with van der Waals surface area (Å²) in [6, 6.07) is 12.1. The lowest BCUT2D eigenvalue weighted by atomic mass is 9.95. The summed E-state index contributed by atoms with van der Waals surface area (Å²) in [5.74, 6) is 0.524.